The zero-order valence-electron chi connectivity index (χ0n) is 21.9. The molecule has 1 aliphatic rings. The molecule has 1 aliphatic heterocycles. The molecule has 0 atom stereocenters. The van der Waals surface area contributed by atoms with Crippen LogP contribution in [0.2, 0.25) is 10.0 Å². The first-order chi connectivity index (χ1) is 19.1. The van der Waals surface area contributed by atoms with E-state index in [9.17, 15) is 13.5 Å². The third-order valence-corrected chi connectivity index (χ3v) is 8.19. The molecule has 3 aromatic carbocycles. The Bertz CT molecular complexity index is 1710. The topological polar surface area (TPSA) is 87.5 Å². The highest BCUT2D eigenvalue weighted by Gasteiger charge is 2.29. The molecule has 40 heavy (non-hydrogen) atoms. The number of nitrogens with zero attached hydrogens (tertiary/aromatic N) is 3. The summed E-state index contributed by atoms with van der Waals surface area (Å²) >= 11 is 12.6. The van der Waals surface area contributed by atoms with Crippen molar-refractivity contribution in [3.63, 3.8) is 0 Å². The molecule has 0 amide bonds. The van der Waals surface area contributed by atoms with Crippen LogP contribution in [0, 0.1) is 5.92 Å². The Hall–Kier alpha value is -3.72. The third kappa shape index (κ3) is 6.20. The molecule has 0 unspecified atom stereocenters. The summed E-state index contributed by atoms with van der Waals surface area (Å²) < 4.78 is 29.9. The number of imidazole rings is 1. The number of allylic oxidation sites excluding steroid dienone is 1. The van der Waals surface area contributed by atoms with E-state index >= 15 is 0 Å². The number of aliphatic hydroxyl groups is 1. The summed E-state index contributed by atoms with van der Waals surface area (Å²) in [7, 11) is -3.93. The SMILES string of the molecule is CC(C)CC=Cc1ccc(Cc2nc(-c3ccc(Cl)cc3Cl)cn2-c2cccc(N3C=C(O)NS3(=O)=O)c2)cc1. The predicted octanol–water partition coefficient (Wildman–Crippen LogP) is 7.51. The molecule has 2 heterocycles. The molecule has 0 radical (unpaired) electrons. The van der Waals surface area contributed by atoms with Crippen LogP contribution >= 0.6 is 23.2 Å². The van der Waals surface area contributed by atoms with Gasteiger partial charge >= 0.3 is 10.2 Å². The molecule has 1 aromatic heterocycles. The fraction of sp³-hybridized carbons (Fsp3) is 0.167. The molecular weight excluding hydrogens is 567 g/mol. The van der Waals surface area contributed by atoms with Crippen LogP contribution in [0.4, 0.5) is 5.69 Å². The number of halogens is 2. The van der Waals surface area contributed by atoms with Crippen LogP contribution < -0.4 is 9.03 Å². The lowest BCUT2D eigenvalue weighted by Gasteiger charge is -2.16. The van der Waals surface area contributed by atoms with E-state index in [4.69, 9.17) is 28.2 Å². The third-order valence-electron chi connectivity index (χ3n) is 6.34. The van der Waals surface area contributed by atoms with Crippen molar-refractivity contribution in [2.75, 3.05) is 4.31 Å². The normalized spacial score (nSPS) is 14.6. The van der Waals surface area contributed by atoms with Crippen molar-refractivity contribution in [1.82, 2.24) is 14.3 Å². The van der Waals surface area contributed by atoms with Crippen LogP contribution in [0.15, 0.2) is 91.1 Å². The number of rotatable bonds is 8. The number of anilines is 1. The van der Waals surface area contributed by atoms with Crippen molar-refractivity contribution in [1.29, 1.82) is 0 Å². The summed E-state index contributed by atoms with van der Waals surface area (Å²) in [5.74, 6) is 0.901. The van der Waals surface area contributed by atoms with Gasteiger partial charge in [-0.3, -0.25) is 0 Å². The largest absolute Gasteiger partial charge is 0.493 e. The summed E-state index contributed by atoms with van der Waals surface area (Å²) in [6.07, 6.45) is 8.86. The van der Waals surface area contributed by atoms with E-state index in [1.807, 2.05) is 22.9 Å². The maximum atomic E-state index is 12.5. The van der Waals surface area contributed by atoms with E-state index in [2.05, 4.69) is 55.0 Å². The van der Waals surface area contributed by atoms with E-state index in [0.29, 0.717) is 39.5 Å². The monoisotopic (exact) mass is 594 g/mol. The van der Waals surface area contributed by atoms with E-state index in [0.717, 1.165) is 39.4 Å². The van der Waals surface area contributed by atoms with E-state index in [1.165, 1.54) is 0 Å². The summed E-state index contributed by atoms with van der Waals surface area (Å²) in [5.41, 5.74) is 4.63. The molecule has 2 N–H and O–H groups in total. The Morgan fingerprint density at radius 2 is 1.77 bits per heavy atom. The predicted molar refractivity (Wildman–Crippen MR) is 162 cm³/mol. The molecule has 4 aromatic rings. The minimum Gasteiger partial charge on any atom is -0.493 e. The van der Waals surface area contributed by atoms with Gasteiger partial charge in [0.2, 0.25) is 5.88 Å². The van der Waals surface area contributed by atoms with Crippen LogP contribution in [0.25, 0.3) is 23.0 Å². The number of aliphatic hydroxyl groups excluding tert-OH is 1. The molecule has 0 fully saturated rings. The van der Waals surface area contributed by atoms with Gasteiger partial charge in [0.05, 0.1) is 22.6 Å². The fourth-order valence-corrected chi connectivity index (χ4v) is 5.93. The van der Waals surface area contributed by atoms with Gasteiger partial charge in [-0.25, -0.2) is 14.0 Å². The minimum atomic E-state index is -3.93. The molecule has 5 rings (SSSR count). The second kappa shape index (κ2) is 11.4. The van der Waals surface area contributed by atoms with Gasteiger partial charge in [-0.2, -0.15) is 8.42 Å². The molecule has 206 valence electrons. The van der Waals surface area contributed by atoms with Crippen molar-refractivity contribution in [2.24, 2.45) is 5.92 Å². The quantitative estimate of drug-likeness (QED) is 0.221. The first kappa shape index (κ1) is 27.8. The average molecular weight is 596 g/mol. The van der Waals surface area contributed by atoms with Gasteiger partial charge in [-0.1, -0.05) is 79.5 Å². The lowest BCUT2D eigenvalue weighted by Crippen LogP contribution is -2.29. The zero-order valence-corrected chi connectivity index (χ0v) is 24.2. The number of hydrogen-bond donors (Lipinski definition) is 2. The van der Waals surface area contributed by atoms with Gasteiger partial charge in [0.1, 0.15) is 5.82 Å². The molecule has 10 heteroatoms. The smallest absolute Gasteiger partial charge is 0.330 e. The fourth-order valence-electron chi connectivity index (χ4n) is 4.38. The second-order valence-electron chi connectivity index (χ2n) is 9.92. The van der Waals surface area contributed by atoms with Crippen molar-refractivity contribution in [3.8, 4) is 16.9 Å². The maximum Gasteiger partial charge on any atom is 0.330 e. The average Bonchev–Trinajstić information content (AvgIpc) is 3.43. The van der Waals surface area contributed by atoms with Crippen molar-refractivity contribution < 1.29 is 13.5 Å². The van der Waals surface area contributed by atoms with Gasteiger partial charge in [-0.05, 0) is 59.9 Å². The molecule has 0 saturated heterocycles. The molecule has 7 nitrogen and oxygen atoms in total. The highest BCUT2D eigenvalue weighted by atomic mass is 35.5. The van der Waals surface area contributed by atoms with Gasteiger partial charge in [0.25, 0.3) is 0 Å². The Balaban J connectivity index is 1.53. The lowest BCUT2D eigenvalue weighted by molar-refractivity contribution is 0.392. The van der Waals surface area contributed by atoms with Gasteiger partial charge < -0.3 is 9.67 Å². The van der Waals surface area contributed by atoms with Crippen LogP contribution in [-0.4, -0.2) is 23.1 Å². The molecule has 0 aliphatic carbocycles. The van der Waals surface area contributed by atoms with Crippen molar-refractivity contribution >= 4 is 45.2 Å². The standard InChI is InChI=1S/C30H28Cl2N4O3S/c1-20(2)5-3-6-21-9-11-22(12-10-21)15-29-33-28(26-14-13-23(31)16-27(26)32)18-35(29)24-7-4-8-25(17-24)36-19-30(37)34-40(36,38)39/h3-4,6-14,16-20,34,37H,5,15H2,1-2H3. The van der Waals surface area contributed by atoms with Crippen LogP contribution in [0.3, 0.4) is 0 Å². The molecule has 0 saturated carbocycles. The van der Waals surface area contributed by atoms with Crippen molar-refractivity contribution in [3.05, 3.63) is 118 Å². The highest BCUT2D eigenvalue weighted by Crippen LogP contribution is 2.32. The number of hydrogen-bond acceptors (Lipinski definition) is 4. The summed E-state index contributed by atoms with van der Waals surface area (Å²) in [6, 6.07) is 20.6. The lowest BCUT2D eigenvalue weighted by atomic mass is 10.1. The molecule has 0 bridgehead atoms. The first-order valence-corrected chi connectivity index (χ1v) is 14.9. The minimum absolute atomic E-state index is 0.359. The summed E-state index contributed by atoms with van der Waals surface area (Å²) in [4.78, 5) is 4.93. The summed E-state index contributed by atoms with van der Waals surface area (Å²) in [5, 5.41) is 10.8. The van der Waals surface area contributed by atoms with E-state index in [1.54, 1.807) is 30.3 Å². The van der Waals surface area contributed by atoms with E-state index in [-0.39, 0.29) is 0 Å². The van der Waals surface area contributed by atoms with Gasteiger partial charge in [0.15, 0.2) is 0 Å². The second-order valence-corrected chi connectivity index (χ2v) is 12.3. The number of benzene rings is 3. The van der Waals surface area contributed by atoms with Gasteiger partial charge in [-0.15, -0.1) is 0 Å². The number of nitrogens with one attached hydrogen (secondary N) is 1. The zero-order chi connectivity index (χ0) is 28.4. The first-order valence-electron chi connectivity index (χ1n) is 12.7. The van der Waals surface area contributed by atoms with Crippen molar-refractivity contribution in [2.45, 2.75) is 26.7 Å². The van der Waals surface area contributed by atoms with Crippen LogP contribution in [-0.2, 0) is 16.6 Å². The number of aromatic nitrogens is 2. The van der Waals surface area contributed by atoms with Crippen LogP contribution in [0.5, 0.6) is 0 Å². The summed E-state index contributed by atoms with van der Waals surface area (Å²) in [6.45, 7) is 4.39. The highest BCUT2D eigenvalue weighted by molar-refractivity contribution is 7.91. The Morgan fingerprint density at radius 3 is 2.45 bits per heavy atom. The molecule has 0 spiro atoms. The Morgan fingerprint density at radius 1 is 1.02 bits per heavy atom. The Labute approximate surface area is 244 Å². The van der Waals surface area contributed by atoms with E-state index < -0.39 is 16.1 Å². The molecular formula is C30H28Cl2N4O3S. The maximum absolute atomic E-state index is 12.5. The Kier molecular flexibility index (Phi) is 7.94. The van der Waals surface area contributed by atoms with Crippen LogP contribution in [0.1, 0.15) is 37.2 Å². The van der Waals surface area contributed by atoms with Gasteiger partial charge in [0, 0.05) is 28.9 Å².